The van der Waals surface area contributed by atoms with Crippen molar-refractivity contribution in [2.45, 2.75) is 15.2 Å². The first-order valence-corrected chi connectivity index (χ1v) is 19.2. The third-order valence-corrected chi connectivity index (χ3v) is 12.3. The fraction of sp³-hybridized carbons (Fsp3) is 0.0196. The first-order valence-electron chi connectivity index (χ1n) is 18.4. The smallest absolute Gasteiger partial charge is 0.160 e. The van der Waals surface area contributed by atoms with Crippen molar-refractivity contribution in [2.75, 3.05) is 0 Å². The van der Waals surface area contributed by atoms with Gasteiger partial charge in [0.05, 0.1) is 16.8 Å². The first-order chi connectivity index (χ1) is 26.8. The summed E-state index contributed by atoms with van der Waals surface area (Å²) in [6.07, 6.45) is 0. The Morgan fingerprint density at radius 3 is 1.72 bits per heavy atom. The summed E-state index contributed by atoms with van der Waals surface area (Å²) in [7, 11) is 0. The van der Waals surface area contributed by atoms with E-state index in [1.54, 1.807) is 0 Å². The Morgan fingerprint density at radius 2 is 0.963 bits per heavy atom. The van der Waals surface area contributed by atoms with Gasteiger partial charge in [0.1, 0.15) is 0 Å². The summed E-state index contributed by atoms with van der Waals surface area (Å²) in [5.41, 5.74) is 14.8. The number of hydrogen-bond acceptors (Lipinski definition) is 3. The molecule has 0 amide bonds. The fourth-order valence-electron chi connectivity index (χ4n) is 8.86. The normalized spacial score (nSPS) is 13.3. The van der Waals surface area contributed by atoms with E-state index in [1.165, 1.54) is 48.6 Å². The van der Waals surface area contributed by atoms with E-state index < -0.39 is 5.41 Å². The molecule has 2 nitrogen and oxygen atoms in total. The molecule has 1 aromatic heterocycles. The topological polar surface area (TPSA) is 25.8 Å². The summed E-state index contributed by atoms with van der Waals surface area (Å²) in [6.45, 7) is 0. The highest BCUT2D eigenvalue weighted by Gasteiger charge is 2.50. The van der Waals surface area contributed by atoms with Gasteiger partial charge in [-0.25, -0.2) is 9.97 Å². The minimum absolute atomic E-state index is 0.451. The maximum absolute atomic E-state index is 5.37. The predicted octanol–water partition coefficient (Wildman–Crippen LogP) is 13.1. The maximum Gasteiger partial charge on any atom is 0.160 e. The van der Waals surface area contributed by atoms with Crippen LogP contribution in [0.15, 0.2) is 204 Å². The minimum atomic E-state index is -0.451. The Balaban J connectivity index is 1.20. The minimum Gasteiger partial charge on any atom is -0.228 e. The summed E-state index contributed by atoms with van der Waals surface area (Å²) in [6, 6.07) is 70.3. The predicted molar refractivity (Wildman–Crippen MR) is 223 cm³/mol. The van der Waals surface area contributed by atoms with Gasteiger partial charge in [-0.05, 0) is 79.5 Å². The Kier molecular flexibility index (Phi) is 7.05. The van der Waals surface area contributed by atoms with Crippen LogP contribution in [0.25, 0.3) is 66.9 Å². The first kappa shape index (κ1) is 31.0. The van der Waals surface area contributed by atoms with Gasteiger partial charge in [0.25, 0.3) is 0 Å². The molecule has 0 radical (unpaired) electrons. The second-order valence-electron chi connectivity index (χ2n) is 14.1. The standard InChI is InChI=1S/C51H32N2S/c1-3-16-34(17-4-1)45-32-46(53-50(52-45)35-18-5-2-6-19-35)49-37-20-8-7-15-33(37)27-29-38(49)36-28-30-48-44(31-36)51(43-25-13-14-26-47(43)54-48)41-23-11-9-21-39(41)40-22-10-12-24-42(40)51/h1-32H. The second-order valence-corrected chi connectivity index (χ2v) is 15.1. The lowest BCUT2D eigenvalue weighted by molar-refractivity contribution is 0.723. The molecule has 0 saturated heterocycles. The van der Waals surface area contributed by atoms with Crippen LogP contribution in [0.3, 0.4) is 0 Å². The van der Waals surface area contributed by atoms with Crippen LogP contribution in [0.1, 0.15) is 22.3 Å². The average molecular weight is 705 g/mol. The lowest BCUT2D eigenvalue weighted by Gasteiger charge is -2.40. The van der Waals surface area contributed by atoms with E-state index in [9.17, 15) is 0 Å². The largest absolute Gasteiger partial charge is 0.228 e. The number of hydrogen-bond donors (Lipinski definition) is 0. The summed E-state index contributed by atoms with van der Waals surface area (Å²) in [5, 5.41) is 2.34. The molecule has 1 aliphatic heterocycles. The van der Waals surface area contributed by atoms with Crippen LogP contribution in [0, 0.1) is 0 Å². The zero-order valence-electron chi connectivity index (χ0n) is 29.3. The Bertz CT molecular complexity index is 2810. The van der Waals surface area contributed by atoms with Gasteiger partial charge in [-0.3, -0.25) is 0 Å². The molecule has 0 atom stereocenters. The quantitative estimate of drug-likeness (QED) is 0.182. The van der Waals surface area contributed by atoms with Crippen LogP contribution in [0.5, 0.6) is 0 Å². The molecule has 2 aliphatic rings. The third kappa shape index (κ3) is 4.62. The summed E-state index contributed by atoms with van der Waals surface area (Å²) >= 11 is 1.88. The molecular formula is C51H32N2S. The molecule has 11 rings (SSSR count). The number of nitrogens with zero attached hydrogens (tertiary/aromatic N) is 2. The van der Waals surface area contributed by atoms with Crippen molar-refractivity contribution >= 4 is 22.5 Å². The van der Waals surface area contributed by atoms with Crippen molar-refractivity contribution in [3.63, 3.8) is 0 Å². The van der Waals surface area contributed by atoms with E-state index in [0.29, 0.717) is 5.82 Å². The molecule has 2 heterocycles. The van der Waals surface area contributed by atoms with Crippen LogP contribution < -0.4 is 0 Å². The molecule has 3 heteroatoms. The Labute approximate surface area is 318 Å². The van der Waals surface area contributed by atoms with E-state index >= 15 is 0 Å². The SMILES string of the molecule is c1ccc(-c2cc(-c3c(-c4ccc5c(c4)C4(c6ccccc6S5)c5ccccc5-c5ccccc54)ccc4ccccc34)nc(-c3ccccc3)n2)cc1. The van der Waals surface area contributed by atoms with Gasteiger partial charge in [-0.15, -0.1) is 0 Å². The summed E-state index contributed by atoms with van der Waals surface area (Å²) < 4.78 is 0. The van der Waals surface area contributed by atoms with Gasteiger partial charge in [-0.2, -0.15) is 0 Å². The lowest BCUT2D eigenvalue weighted by atomic mass is 9.67. The molecule has 9 aromatic rings. The molecule has 0 fully saturated rings. The number of rotatable bonds is 4. The van der Waals surface area contributed by atoms with E-state index in [4.69, 9.17) is 9.97 Å². The van der Waals surface area contributed by atoms with E-state index in [-0.39, 0.29) is 0 Å². The Hall–Kier alpha value is -6.55. The summed E-state index contributed by atoms with van der Waals surface area (Å²) in [4.78, 5) is 13.1. The molecule has 0 unspecified atom stereocenters. The van der Waals surface area contributed by atoms with Crippen LogP contribution in [-0.2, 0) is 5.41 Å². The van der Waals surface area contributed by atoms with Crippen molar-refractivity contribution in [3.8, 4) is 56.2 Å². The molecule has 0 saturated carbocycles. The van der Waals surface area contributed by atoms with Crippen molar-refractivity contribution < 1.29 is 0 Å². The molecule has 1 spiro atoms. The monoisotopic (exact) mass is 704 g/mol. The average Bonchev–Trinajstić information content (AvgIpc) is 3.54. The van der Waals surface area contributed by atoms with Crippen LogP contribution >= 0.6 is 11.8 Å². The molecule has 8 aromatic carbocycles. The molecule has 0 N–H and O–H groups in total. The Morgan fingerprint density at radius 1 is 0.370 bits per heavy atom. The van der Waals surface area contributed by atoms with Gasteiger partial charge in [0.15, 0.2) is 5.82 Å². The second kappa shape index (κ2) is 12.3. The van der Waals surface area contributed by atoms with Crippen molar-refractivity contribution in [3.05, 3.63) is 216 Å². The highest BCUT2D eigenvalue weighted by Crippen LogP contribution is 2.62. The van der Waals surface area contributed by atoms with Crippen molar-refractivity contribution in [1.82, 2.24) is 9.97 Å². The van der Waals surface area contributed by atoms with Crippen molar-refractivity contribution in [1.29, 1.82) is 0 Å². The van der Waals surface area contributed by atoms with E-state index in [1.807, 2.05) is 23.9 Å². The van der Waals surface area contributed by atoms with Crippen LogP contribution in [0.4, 0.5) is 0 Å². The van der Waals surface area contributed by atoms with Gasteiger partial charge in [-0.1, -0.05) is 182 Å². The molecule has 54 heavy (non-hydrogen) atoms. The molecule has 0 bridgehead atoms. The van der Waals surface area contributed by atoms with Gasteiger partial charge >= 0.3 is 0 Å². The molecular weight excluding hydrogens is 673 g/mol. The third-order valence-electron chi connectivity index (χ3n) is 11.2. The zero-order chi connectivity index (χ0) is 35.6. The van der Waals surface area contributed by atoms with Crippen LogP contribution in [0.2, 0.25) is 0 Å². The van der Waals surface area contributed by atoms with Gasteiger partial charge in [0.2, 0.25) is 0 Å². The van der Waals surface area contributed by atoms with Gasteiger partial charge < -0.3 is 0 Å². The van der Waals surface area contributed by atoms with Gasteiger partial charge in [0, 0.05) is 26.5 Å². The highest BCUT2D eigenvalue weighted by atomic mass is 32.2. The molecule has 1 aliphatic carbocycles. The fourth-order valence-corrected chi connectivity index (χ4v) is 10.0. The summed E-state index contributed by atoms with van der Waals surface area (Å²) in [5.74, 6) is 0.711. The number of benzene rings is 8. The maximum atomic E-state index is 5.37. The van der Waals surface area contributed by atoms with E-state index in [2.05, 4.69) is 182 Å². The van der Waals surface area contributed by atoms with Crippen LogP contribution in [-0.4, -0.2) is 9.97 Å². The highest BCUT2D eigenvalue weighted by molar-refractivity contribution is 7.99. The number of fused-ring (bicyclic) bond motifs is 10. The number of aromatic nitrogens is 2. The zero-order valence-corrected chi connectivity index (χ0v) is 30.1. The molecule has 252 valence electrons. The van der Waals surface area contributed by atoms with E-state index in [0.717, 1.165) is 44.6 Å². The van der Waals surface area contributed by atoms with Crippen molar-refractivity contribution in [2.24, 2.45) is 0 Å². The lowest BCUT2D eigenvalue weighted by Crippen LogP contribution is -2.32.